The molecule has 1 atom stereocenters. The van der Waals surface area contributed by atoms with Gasteiger partial charge in [0.25, 0.3) is 0 Å². The summed E-state index contributed by atoms with van der Waals surface area (Å²) < 4.78 is 0. The Hall–Kier alpha value is -0.960. The molecular weight excluding hydrogens is 232 g/mol. The van der Waals surface area contributed by atoms with Crippen molar-refractivity contribution < 1.29 is 9.90 Å². The number of aliphatic carboxylic acids is 1. The third kappa shape index (κ3) is 3.50. The molecule has 1 aliphatic rings. The average molecular weight is 250 g/mol. The summed E-state index contributed by atoms with van der Waals surface area (Å²) in [5.74, 6) is 0.556. The van der Waals surface area contributed by atoms with Crippen LogP contribution in [-0.2, 0) is 10.5 Å². The highest BCUT2D eigenvalue weighted by Gasteiger charge is 2.36. The minimum absolute atomic E-state index is 0.212. The molecule has 0 spiro atoms. The summed E-state index contributed by atoms with van der Waals surface area (Å²) in [5.41, 5.74) is 3.73. The molecule has 3 heteroatoms. The first-order chi connectivity index (χ1) is 8.06. The van der Waals surface area contributed by atoms with Crippen LogP contribution in [0.25, 0.3) is 0 Å². The minimum Gasteiger partial charge on any atom is -0.480 e. The zero-order valence-electron chi connectivity index (χ0n) is 10.3. The van der Waals surface area contributed by atoms with E-state index in [0.717, 1.165) is 18.6 Å². The van der Waals surface area contributed by atoms with E-state index in [9.17, 15) is 4.79 Å². The lowest BCUT2D eigenvalue weighted by Crippen LogP contribution is -2.18. The molecule has 1 fully saturated rings. The molecule has 92 valence electrons. The van der Waals surface area contributed by atoms with Gasteiger partial charge >= 0.3 is 5.97 Å². The summed E-state index contributed by atoms with van der Waals surface area (Å²) in [4.78, 5) is 11.1. The van der Waals surface area contributed by atoms with Crippen molar-refractivity contribution in [1.82, 2.24) is 0 Å². The maximum Gasteiger partial charge on any atom is 0.316 e. The molecule has 1 unspecified atom stereocenters. The van der Waals surface area contributed by atoms with Crippen LogP contribution < -0.4 is 0 Å². The van der Waals surface area contributed by atoms with Crippen molar-refractivity contribution in [3.63, 3.8) is 0 Å². The van der Waals surface area contributed by atoms with Gasteiger partial charge in [0.1, 0.15) is 5.25 Å². The molecule has 0 aliphatic heterocycles. The Bertz CT molecular complexity index is 404. The number of thioether (sulfide) groups is 1. The smallest absolute Gasteiger partial charge is 0.316 e. The van der Waals surface area contributed by atoms with Gasteiger partial charge in [-0.3, -0.25) is 4.79 Å². The second kappa shape index (κ2) is 5.13. The first kappa shape index (κ1) is 12.5. The molecule has 2 rings (SSSR count). The number of rotatable bonds is 5. The van der Waals surface area contributed by atoms with Crippen LogP contribution in [0.4, 0.5) is 0 Å². The van der Waals surface area contributed by atoms with Crippen LogP contribution in [0.3, 0.4) is 0 Å². The lowest BCUT2D eigenvalue weighted by atomic mass is 10.1. The van der Waals surface area contributed by atoms with Gasteiger partial charge < -0.3 is 5.11 Å². The fraction of sp³-hybridized carbons (Fsp3) is 0.500. The first-order valence-electron chi connectivity index (χ1n) is 5.98. The fourth-order valence-electron chi connectivity index (χ4n) is 2.15. The van der Waals surface area contributed by atoms with Gasteiger partial charge in [-0.25, -0.2) is 0 Å². The second-order valence-electron chi connectivity index (χ2n) is 4.90. The molecule has 17 heavy (non-hydrogen) atoms. The van der Waals surface area contributed by atoms with E-state index in [0.29, 0.717) is 5.92 Å². The van der Waals surface area contributed by atoms with Crippen LogP contribution in [-0.4, -0.2) is 16.3 Å². The summed E-state index contributed by atoms with van der Waals surface area (Å²) in [7, 11) is 0. The SMILES string of the molecule is Cc1cc(C)cc(CSC(C(=O)O)C2CC2)c1. The van der Waals surface area contributed by atoms with E-state index in [1.54, 1.807) is 11.8 Å². The van der Waals surface area contributed by atoms with E-state index in [1.807, 2.05) is 0 Å². The zero-order chi connectivity index (χ0) is 12.4. The predicted molar refractivity (Wildman–Crippen MR) is 71.4 cm³/mol. The van der Waals surface area contributed by atoms with Gasteiger partial charge in [0, 0.05) is 5.75 Å². The van der Waals surface area contributed by atoms with E-state index < -0.39 is 5.97 Å². The van der Waals surface area contributed by atoms with Gasteiger partial charge in [0.15, 0.2) is 0 Å². The highest BCUT2D eigenvalue weighted by molar-refractivity contribution is 7.99. The van der Waals surface area contributed by atoms with Gasteiger partial charge in [-0.2, -0.15) is 0 Å². The van der Waals surface area contributed by atoms with Crippen LogP contribution in [0.2, 0.25) is 0 Å². The van der Waals surface area contributed by atoms with Crippen molar-refractivity contribution >= 4 is 17.7 Å². The topological polar surface area (TPSA) is 37.3 Å². The molecule has 0 heterocycles. The van der Waals surface area contributed by atoms with E-state index in [1.165, 1.54) is 16.7 Å². The molecule has 0 aromatic heterocycles. The fourth-order valence-corrected chi connectivity index (χ4v) is 3.37. The Labute approximate surface area is 106 Å². The van der Waals surface area contributed by atoms with Gasteiger partial charge in [-0.1, -0.05) is 29.3 Å². The van der Waals surface area contributed by atoms with Crippen molar-refractivity contribution in [2.45, 2.75) is 37.7 Å². The quantitative estimate of drug-likeness (QED) is 0.870. The molecule has 2 nitrogen and oxygen atoms in total. The van der Waals surface area contributed by atoms with Crippen LogP contribution in [0.1, 0.15) is 29.5 Å². The van der Waals surface area contributed by atoms with Crippen molar-refractivity contribution in [3.05, 3.63) is 34.9 Å². The maximum atomic E-state index is 11.1. The molecular formula is C14H18O2S. The van der Waals surface area contributed by atoms with E-state index in [2.05, 4.69) is 32.0 Å². The van der Waals surface area contributed by atoms with Crippen molar-refractivity contribution in [3.8, 4) is 0 Å². The molecule has 0 bridgehead atoms. The number of carboxylic acid groups (broad SMARTS) is 1. The Balaban J connectivity index is 1.98. The van der Waals surface area contributed by atoms with Crippen LogP contribution in [0, 0.1) is 19.8 Å². The summed E-state index contributed by atoms with van der Waals surface area (Å²) >= 11 is 1.57. The molecule has 0 amide bonds. The Kier molecular flexibility index (Phi) is 3.77. The maximum absolute atomic E-state index is 11.1. The highest BCUT2D eigenvalue weighted by Crippen LogP contribution is 2.40. The molecule has 1 saturated carbocycles. The Morgan fingerprint density at radius 3 is 2.41 bits per heavy atom. The minimum atomic E-state index is -0.651. The normalized spacial score (nSPS) is 16.8. The number of carboxylic acids is 1. The summed E-state index contributed by atoms with van der Waals surface area (Å²) in [5, 5.41) is 8.94. The Morgan fingerprint density at radius 2 is 1.94 bits per heavy atom. The zero-order valence-corrected chi connectivity index (χ0v) is 11.1. The van der Waals surface area contributed by atoms with E-state index in [4.69, 9.17) is 5.11 Å². The number of hydrogen-bond acceptors (Lipinski definition) is 2. The van der Waals surface area contributed by atoms with Crippen LogP contribution in [0.15, 0.2) is 18.2 Å². The monoisotopic (exact) mass is 250 g/mol. The van der Waals surface area contributed by atoms with Crippen molar-refractivity contribution in [1.29, 1.82) is 0 Å². The van der Waals surface area contributed by atoms with Crippen LogP contribution in [0.5, 0.6) is 0 Å². The molecule has 1 aromatic rings. The highest BCUT2D eigenvalue weighted by atomic mass is 32.2. The standard InChI is InChI=1S/C14H18O2S/c1-9-5-10(2)7-11(6-9)8-17-13(14(15)16)12-3-4-12/h5-7,12-13H,3-4,8H2,1-2H3,(H,15,16). The van der Waals surface area contributed by atoms with E-state index >= 15 is 0 Å². The number of aryl methyl sites for hydroxylation is 2. The summed E-state index contributed by atoms with van der Waals surface area (Å²) in [6, 6.07) is 6.43. The molecule has 0 saturated heterocycles. The molecule has 1 aromatic carbocycles. The number of carbonyl (C=O) groups is 1. The van der Waals surface area contributed by atoms with Crippen molar-refractivity contribution in [2.24, 2.45) is 5.92 Å². The lowest BCUT2D eigenvalue weighted by molar-refractivity contribution is -0.136. The third-order valence-corrected chi connectivity index (χ3v) is 4.45. The van der Waals surface area contributed by atoms with Gasteiger partial charge in [-0.15, -0.1) is 11.8 Å². The lowest BCUT2D eigenvalue weighted by Gasteiger charge is -2.11. The largest absolute Gasteiger partial charge is 0.480 e. The third-order valence-electron chi connectivity index (χ3n) is 3.00. The molecule has 1 N–H and O–H groups in total. The average Bonchev–Trinajstić information content (AvgIpc) is 3.00. The number of benzene rings is 1. The number of hydrogen-bond donors (Lipinski definition) is 1. The summed E-state index contributed by atoms with van der Waals surface area (Å²) in [6.07, 6.45) is 2.16. The second-order valence-corrected chi connectivity index (χ2v) is 6.03. The first-order valence-corrected chi connectivity index (χ1v) is 7.02. The molecule has 1 aliphatic carbocycles. The summed E-state index contributed by atoms with van der Waals surface area (Å²) in [6.45, 7) is 4.16. The predicted octanol–water partition coefficient (Wildman–Crippen LogP) is 3.40. The molecule has 0 radical (unpaired) electrons. The van der Waals surface area contributed by atoms with E-state index in [-0.39, 0.29) is 5.25 Å². The van der Waals surface area contributed by atoms with Gasteiger partial charge in [0.2, 0.25) is 0 Å². The Morgan fingerprint density at radius 1 is 1.35 bits per heavy atom. The van der Waals surface area contributed by atoms with Crippen LogP contribution >= 0.6 is 11.8 Å². The van der Waals surface area contributed by atoms with Crippen molar-refractivity contribution in [2.75, 3.05) is 0 Å². The van der Waals surface area contributed by atoms with Gasteiger partial charge in [-0.05, 0) is 38.2 Å². The van der Waals surface area contributed by atoms with Gasteiger partial charge in [0.05, 0.1) is 0 Å².